The lowest BCUT2D eigenvalue weighted by atomic mass is 10.0. The van der Waals surface area contributed by atoms with Gasteiger partial charge in [-0.1, -0.05) is 60.7 Å². The minimum absolute atomic E-state index is 0.000746. The monoisotopic (exact) mass is 723 g/mol. The molecule has 4 heterocycles. The Bertz CT molecular complexity index is 2410. The Morgan fingerprint density at radius 3 is 1.90 bits per heavy atom. The number of fused-ring (bicyclic) bond motifs is 2. The Balaban J connectivity index is 1.16. The van der Waals surface area contributed by atoms with E-state index in [0.29, 0.717) is 59.2 Å². The summed E-state index contributed by atoms with van der Waals surface area (Å²) in [4.78, 5) is 34.8. The zero-order chi connectivity index (χ0) is 35.6. The Labute approximate surface area is 295 Å². The number of carbonyl (C=O) groups excluding carboxylic acids is 1. The average Bonchev–Trinajstić information content (AvgIpc) is 3.17. The number of benzene rings is 3. The van der Waals surface area contributed by atoms with Gasteiger partial charge in [0.1, 0.15) is 11.8 Å². The first-order chi connectivity index (χ1) is 24.6. The predicted octanol–water partition coefficient (Wildman–Crippen LogP) is 3.92. The maximum absolute atomic E-state index is 14.3. The van der Waals surface area contributed by atoms with Gasteiger partial charge in [-0.2, -0.15) is 12.7 Å². The van der Waals surface area contributed by atoms with Crippen molar-refractivity contribution in [1.82, 2.24) is 29.1 Å². The van der Waals surface area contributed by atoms with E-state index in [1.807, 2.05) is 11.0 Å². The summed E-state index contributed by atoms with van der Waals surface area (Å²) in [5.41, 5.74) is 0.589. The van der Waals surface area contributed by atoms with Crippen LogP contribution < -0.4 is 9.08 Å². The molecular weight excluding hydrogens is 691 g/mol. The van der Waals surface area contributed by atoms with Crippen LogP contribution in [-0.2, 0) is 31.4 Å². The number of nitrogens with zero attached hydrogens (tertiary/aromatic N) is 7. The van der Waals surface area contributed by atoms with E-state index in [-0.39, 0.29) is 28.1 Å². The van der Waals surface area contributed by atoms with Gasteiger partial charge in [0.25, 0.3) is 10.0 Å². The molecule has 51 heavy (non-hydrogen) atoms. The molecule has 1 atom stereocenters. The molecule has 260 valence electrons. The molecule has 1 saturated heterocycles. The van der Waals surface area contributed by atoms with Crippen molar-refractivity contribution in [2.24, 2.45) is 0 Å². The fourth-order valence-electron chi connectivity index (χ4n) is 6.13. The SMILES string of the molecule is CN(C(Cc1ccc(OS(=O)(=O)c2nccc3ccccc23)cc1)C(=O)N1CCN(c2ncccn2)CC1)S(=O)(=O)c1nccc2ccccc12. The highest BCUT2D eigenvalue weighted by Crippen LogP contribution is 2.28. The van der Waals surface area contributed by atoms with E-state index >= 15 is 0 Å². The van der Waals surface area contributed by atoms with Gasteiger partial charge in [0.15, 0.2) is 5.03 Å². The van der Waals surface area contributed by atoms with Crippen LogP contribution in [0.1, 0.15) is 5.56 Å². The van der Waals surface area contributed by atoms with Gasteiger partial charge in [-0.05, 0) is 53.1 Å². The highest BCUT2D eigenvalue weighted by Gasteiger charge is 2.38. The number of aromatic nitrogens is 4. The van der Waals surface area contributed by atoms with Gasteiger partial charge < -0.3 is 14.0 Å². The number of piperazine rings is 1. The molecular formula is C36H33N7O6S2. The fraction of sp³-hybridized carbons (Fsp3) is 0.194. The topological polar surface area (TPSA) is 156 Å². The minimum atomic E-state index is -4.29. The quantitative estimate of drug-likeness (QED) is 0.189. The summed E-state index contributed by atoms with van der Waals surface area (Å²) in [7, 11) is -7.17. The summed E-state index contributed by atoms with van der Waals surface area (Å²) in [5.74, 6) is 0.222. The molecule has 0 aliphatic carbocycles. The molecule has 1 fully saturated rings. The smallest absolute Gasteiger partial charge is 0.357 e. The molecule has 0 saturated carbocycles. The lowest BCUT2D eigenvalue weighted by Gasteiger charge is -2.38. The lowest BCUT2D eigenvalue weighted by Crippen LogP contribution is -2.56. The number of hydrogen-bond acceptors (Lipinski definition) is 11. The van der Waals surface area contributed by atoms with Crippen molar-refractivity contribution in [3.8, 4) is 5.75 Å². The van der Waals surface area contributed by atoms with Gasteiger partial charge in [0.2, 0.25) is 16.9 Å². The van der Waals surface area contributed by atoms with Crippen molar-refractivity contribution in [3.05, 3.63) is 121 Å². The van der Waals surface area contributed by atoms with Crippen LogP contribution in [0.25, 0.3) is 21.5 Å². The molecule has 3 aromatic carbocycles. The number of amides is 1. The van der Waals surface area contributed by atoms with Gasteiger partial charge in [0, 0.05) is 68.8 Å². The molecule has 0 N–H and O–H groups in total. The molecule has 1 aliphatic heterocycles. The van der Waals surface area contributed by atoms with E-state index in [2.05, 4.69) is 19.9 Å². The maximum atomic E-state index is 14.3. The third-order valence-electron chi connectivity index (χ3n) is 8.84. The van der Waals surface area contributed by atoms with E-state index in [1.165, 1.54) is 31.6 Å². The van der Waals surface area contributed by atoms with Gasteiger partial charge >= 0.3 is 10.1 Å². The van der Waals surface area contributed by atoms with Crippen LogP contribution in [0.4, 0.5) is 5.95 Å². The van der Waals surface area contributed by atoms with E-state index in [1.54, 1.807) is 90.1 Å². The van der Waals surface area contributed by atoms with E-state index in [9.17, 15) is 21.6 Å². The molecule has 1 aliphatic rings. The van der Waals surface area contributed by atoms with Crippen molar-refractivity contribution in [3.63, 3.8) is 0 Å². The summed E-state index contributed by atoms with van der Waals surface area (Å²) in [6.07, 6.45) is 6.16. The highest BCUT2D eigenvalue weighted by molar-refractivity contribution is 7.89. The molecule has 3 aromatic heterocycles. The predicted molar refractivity (Wildman–Crippen MR) is 191 cm³/mol. The number of carbonyl (C=O) groups is 1. The van der Waals surface area contributed by atoms with Crippen LogP contribution in [0.15, 0.2) is 126 Å². The molecule has 1 unspecified atom stereocenters. The molecule has 0 radical (unpaired) electrons. The number of anilines is 1. The maximum Gasteiger partial charge on any atom is 0.357 e. The Hall–Kier alpha value is -5.51. The Morgan fingerprint density at radius 2 is 1.27 bits per heavy atom. The first-order valence-corrected chi connectivity index (χ1v) is 19.0. The van der Waals surface area contributed by atoms with E-state index < -0.39 is 26.2 Å². The fourth-order valence-corrected chi connectivity index (χ4v) is 8.65. The largest absolute Gasteiger partial charge is 0.378 e. The average molecular weight is 724 g/mol. The standard InChI is InChI=1S/C36H33N7O6S2/c1-41(50(45,46)33-30-9-4-2-7-27(30)15-19-37-33)32(35(44)42-21-23-43(24-22-42)36-39-17-6-18-40-36)25-26-11-13-29(14-12-26)49-51(47,48)34-31-10-5-3-8-28(31)16-20-38-34/h2-20,32H,21-25H2,1H3. The van der Waals surface area contributed by atoms with Gasteiger partial charge in [-0.25, -0.2) is 28.4 Å². The number of likely N-dealkylation sites (N-methyl/N-ethyl adjacent to an activating group) is 1. The van der Waals surface area contributed by atoms with Crippen molar-refractivity contribution < 1.29 is 25.8 Å². The van der Waals surface area contributed by atoms with E-state index in [0.717, 1.165) is 4.31 Å². The zero-order valence-corrected chi connectivity index (χ0v) is 29.1. The van der Waals surface area contributed by atoms with Crippen LogP contribution in [0.5, 0.6) is 5.75 Å². The molecule has 1 amide bonds. The van der Waals surface area contributed by atoms with Crippen molar-refractivity contribution >= 4 is 53.5 Å². The molecule has 0 spiro atoms. The van der Waals surface area contributed by atoms with Gasteiger partial charge in [-0.15, -0.1) is 0 Å². The number of hydrogen-bond donors (Lipinski definition) is 0. The number of rotatable bonds is 10. The number of sulfonamides is 1. The number of pyridine rings is 2. The second kappa shape index (κ2) is 14.0. The zero-order valence-electron chi connectivity index (χ0n) is 27.5. The van der Waals surface area contributed by atoms with Crippen LogP contribution in [-0.4, -0.2) is 91.2 Å². The van der Waals surface area contributed by atoms with Crippen molar-refractivity contribution in [1.29, 1.82) is 0 Å². The molecule has 0 bridgehead atoms. The molecule has 13 nitrogen and oxygen atoms in total. The second-order valence-corrected chi connectivity index (χ2v) is 15.3. The molecule has 6 aromatic rings. The van der Waals surface area contributed by atoms with Crippen molar-refractivity contribution in [2.45, 2.75) is 22.5 Å². The first-order valence-electron chi connectivity index (χ1n) is 16.1. The van der Waals surface area contributed by atoms with E-state index in [4.69, 9.17) is 4.18 Å². The van der Waals surface area contributed by atoms with Crippen LogP contribution in [0, 0.1) is 0 Å². The first kappa shape index (κ1) is 34.0. The van der Waals surface area contributed by atoms with Crippen LogP contribution in [0.2, 0.25) is 0 Å². The molecule has 15 heteroatoms. The molecule has 7 rings (SSSR count). The summed E-state index contributed by atoms with van der Waals surface area (Å²) in [6, 6.07) is 24.2. The summed E-state index contributed by atoms with van der Waals surface area (Å²) < 4.78 is 61.5. The van der Waals surface area contributed by atoms with Gasteiger partial charge in [-0.3, -0.25) is 4.79 Å². The van der Waals surface area contributed by atoms with Crippen LogP contribution in [0.3, 0.4) is 0 Å². The highest BCUT2D eigenvalue weighted by atomic mass is 32.2. The summed E-state index contributed by atoms with van der Waals surface area (Å²) >= 11 is 0. The normalized spacial score (nSPS) is 14.5. The minimum Gasteiger partial charge on any atom is -0.378 e. The Morgan fingerprint density at radius 1 is 0.706 bits per heavy atom. The third kappa shape index (κ3) is 6.95. The summed E-state index contributed by atoms with van der Waals surface area (Å²) in [5, 5.41) is 1.92. The second-order valence-electron chi connectivity index (χ2n) is 12.0. The van der Waals surface area contributed by atoms with Crippen LogP contribution >= 0.6 is 0 Å². The van der Waals surface area contributed by atoms with Gasteiger partial charge in [0.05, 0.1) is 0 Å². The third-order valence-corrected chi connectivity index (χ3v) is 11.9. The van der Waals surface area contributed by atoms with Crippen molar-refractivity contribution in [2.75, 3.05) is 38.1 Å². The summed E-state index contributed by atoms with van der Waals surface area (Å²) in [6.45, 7) is 1.60. The Kier molecular flexibility index (Phi) is 9.33. The lowest BCUT2D eigenvalue weighted by molar-refractivity contribution is -0.135.